The zero-order valence-electron chi connectivity index (χ0n) is 10.8. The van der Waals surface area contributed by atoms with Crippen LogP contribution in [0.1, 0.15) is 10.4 Å². The van der Waals surface area contributed by atoms with Crippen molar-refractivity contribution in [3.05, 3.63) is 29.8 Å². The van der Waals surface area contributed by atoms with E-state index >= 15 is 0 Å². The molecular formula is C13H17N3O3. The summed E-state index contributed by atoms with van der Waals surface area (Å²) in [7, 11) is 1.56. The quantitative estimate of drug-likeness (QED) is 0.812. The van der Waals surface area contributed by atoms with Crippen molar-refractivity contribution in [2.45, 2.75) is 0 Å². The monoisotopic (exact) mass is 263 g/mol. The summed E-state index contributed by atoms with van der Waals surface area (Å²) in [5, 5.41) is 5.53. The average molecular weight is 263 g/mol. The second-order valence-electron chi connectivity index (χ2n) is 4.22. The Bertz CT molecular complexity index is 453. The van der Waals surface area contributed by atoms with Crippen LogP contribution in [0.5, 0.6) is 5.75 Å². The number of piperazine rings is 1. The molecule has 6 heteroatoms. The highest BCUT2D eigenvalue weighted by Crippen LogP contribution is 2.11. The third-order valence-corrected chi connectivity index (χ3v) is 2.98. The van der Waals surface area contributed by atoms with Crippen LogP contribution in [-0.2, 0) is 0 Å². The molecule has 0 aliphatic carbocycles. The van der Waals surface area contributed by atoms with Crippen LogP contribution in [0.25, 0.3) is 0 Å². The number of rotatable bonds is 2. The maximum atomic E-state index is 11.9. The van der Waals surface area contributed by atoms with Crippen molar-refractivity contribution in [3.8, 4) is 5.75 Å². The van der Waals surface area contributed by atoms with E-state index in [4.69, 9.17) is 4.74 Å². The first-order valence-electron chi connectivity index (χ1n) is 6.16. The van der Waals surface area contributed by atoms with Crippen molar-refractivity contribution >= 4 is 11.9 Å². The number of ether oxygens (including phenoxy) is 1. The molecule has 1 heterocycles. The molecule has 6 nitrogen and oxygen atoms in total. The SMILES string of the molecule is COc1ccc(C(=O)NC(=O)N2CCNCC2)cc1. The third-order valence-electron chi connectivity index (χ3n) is 2.98. The zero-order valence-corrected chi connectivity index (χ0v) is 10.8. The summed E-state index contributed by atoms with van der Waals surface area (Å²) in [5.41, 5.74) is 0.435. The van der Waals surface area contributed by atoms with Gasteiger partial charge in [0, 0.05) is 31.7 Å². The van der Waals surface area contributed by atoms with Gasteiger partial charge in [-0.1, -0.05) is 0 Å². The van der Waals surface area contributed by atoms with Crippen LogP contribution in [-0.4, -0.2) is 50.1 Å². The summed E-state index contributed by atoms with van der Waals surface area (Å²) in [6.07, 6.45) is 0. The first-order chi connectivity index (χ1) is 9.20. The van der Waals surface area contributed by atoms with E-state index in [0.717, 1.165) is 13.1 Å². The van der Waals surface area contributed by atoms with Crippen LogP contribution in [0.2, 0.25) is 0 Å². The first-order valence-corrected chi connectivity index (χ1v) is 6.16. The molecule has 1 aromatic rings. The molecule has 0 radical (unpaired) electrons. The second kappa shape index (κ2) is 6.19. The molecule has 1 aliphatic rings. The van der Waals surface area contributed by atoms with Crippen LogP contribution >= 0.6 is 0 Å². The summed E-state index contributed by atoms with van der Waals surface area (Å²) in [6.45, 7) is 2.73. The fourth-order valence-corrected chi connectivity index (χ4v) is 1.86. The Kier molecular flexibility index (Phi) is 4.35. The number of urea groups is 1. The fourth-order valence-electron chi connectivity index (χ4n) is 1.86. The van der Waals surface area contributed by atoms with Crippen LogP contribution < -0.4 is 15.4 Å². The molecule has 102 valence electrons. The van der Waals surface area contributed by atoms with Crippen molar-refractivity contribution in [2.24, 2.45) is 0 Å². The van der Waals surface area contributed by atoms with Gasteiger partial charge in [0.1, 0.15) is 5.75 Å². The Morgan fingerprint density at radius 3 is 2.42 bits per heavy atom. The van der Waals surface area contributed by atoms with E-state index in [-0.39, 0.29) is 6.03 Å². The van der Waals surface area contributed by atoms with Crippen LogP contribution in [0.15, 0.2) is 24.3 Å². The van der Waals surface area contributed by atoms with Crippen molar-refractivity contribution in [2.75, 3.05) is 33.3 Å². The number of amides is 3. The largest absolute Gasteiger partial charge is 0.497 e. The fraction of sp³-hybridized carbons (Fsp3) is 0.385. The number of carbonyl (C=O) groups excluding carboxylic acids is 2. The highest BCUT2D eigenvalue weighted by molar-refractivity contribution is 6.04. The topological polar surface area (TPSA) is 70.7 Å². The molecule has 0 spiro atoms. The Morgan fingerprint density at radius 1 is 1.21 bits per heavy atom. The lowest BCUT2D eigenvalue weighted by atomic mass is 10.2. The van der Waals surface area contributed by atoms with Gasteiger partial charge in [0.15, 0.2) is 0 Å². The van der Waals surface area contributed by atoms with E-state index in [1.54, 1.807) is 36.3 Å². The number of hydrogen-bond acceptors (Lipinski definition) is 4. The maximum Gasteiger partial charge on any atom is 0.324 e. The van der Waals surface area contributed by atoms with E-state index in [1.165, 1.54) is 0 Å². The number of hydrogen-bond donors (Lipinski definition) is 2. The first kappa shape index (κ1) is 13.4. The van der Waals surface area contributed by atoms with Crippen molar-refractivity contribution < 1.29 is 14.3 Å². The summed E-state index contributed by atoms with van der Waals surface area (Å²) in [5.74, 6) is 0.274. The molecule has 19 heavy (non-hydrogen) atoms. The lowest BCUT2D eigenvalue weighted by Gasteiger charge is -2.27. The van der Waals surface area contributed by atoms with Gasteiger partial charge < -0.3 is 15.0 Å². The molecule has 2 N–H and O–H groups in total. The molecule has 0 saturated carbocycles. The molecule has 2 rings (SSSR count). The van der Waals surface area contributed by atoms with Gasteiger partial charge in [0.05, 0.1) is 7.11 Å². The highest BCUT2D eigenvalue weighted by atomic mass is 16.5. The number of nitrogens with one attached hydrogen (secondary N) is 2. The minimum absolute atomic E-state index is 0.345. The van der Waals surface area contributed by atoms with Gasteiger partial charge in [-0.25, -0.2) is 4.79 Å². The van der Waals surface area contributed by atoms with Gasteiger partial charge >= 0.3 is 6.03 Å². The number of methoxy groups -OCH3 is 1. The van der Waals surface area contributed by atoms with Gasteiger partial charge in [-0.15, -0.1) is 0 Å². The Morgan fingerprint density at radius 2 is 1.84 bits per heavy atom. The number of imide groups is 1. The number of carbonyl (C=O) groups is 2. The Balaban J connectivity index is 1.93. The van der Waals surface area contributed by atoms with Crippen LogP contribution in [0.4, 0.5) is 4.79 Å². The smallest absolute Gasteiger partial charge is 0.324 e. The predicted molar refractivity (Wildman–Crippen MR) is 70.3 cm³/mol. The minimum Gasteiger partial charge on any atom is -0.497 e. The van der Waals surface area contributed by atoms with Gasteiger partial charge in [0.25, 0.3) is 5.91 Å². The molecule has 0 bridgehead atoms. The average Bonchev–Trinajstić information content (AvgIpc) is 2.48. The molecule has 0 atom stereocenters. The van der Waals surface area contributed by atoms with Crippen LogP contribution in [0.3, 0.4) is 0 Å². The molecule has 0 unspecified atom stereocenters. The van der Waals surface area contributed by atoms with Gasteiger partial charge in [-0.2, -0.15) is 0 Å². The van der Waals surface area contributed by atoms with Gasteiger partial charge in [-0.3, -0.25) is 10.1 Å². The molecule has 1 aromatic carbocycles. The number of nitrogens with zero attached hydrogens (tertiary/aromatic N) is 1. The van der Waals surface area contributed by atoms with E-state index in [2.05, 4.69) is 10.6 Å². The van der Waals surface area contributed by atoms with E-state index < -0.39 is 5.91 Å². The van der Waals surface area contributed by atoms with E-state index in [9.17, 15) is 9.59 Å². The molecule has 3 amide bonds. The zero-order chi connectivity index (χ0) is 13.7. The molecule has 0 aromatic heterocycles. The van der Waals surface area contributed by atoms with Crippen molar-refractivity contribution in [1.82, 2.24) is 15.5 Å². The third kappa shape index (κ3) is 3.45. The summed E-state index contributed by atoms with van der Waals surface area (Å²) >= 11 is 0. The van der Waals surface area contributed by atoms with Crippen molar-refractivity contribution in [1.29, 1.82) is 0 Å². The van der Waals surface area contributed by atoms with Gasteiger partial charge in [0.2, 0.25) is 0 Å². The Labute approximate surface area is 111 Å². The molecular weight excluding hydrogens is 246 g/mol. The second-order valence-corrected chi connectivity index (χ2v) is 4.22. The molecule has 1 aliphatic heterocycles. The Hall–Kier alpha value is -2.08. The standard InChI is InChI=1S/C13H17N3O3/c1-19-11-4-2-10(3-5-11)12(17)15-13(18)16-8-6-14-7-9-16/h2-5,14H,6-9H2,1H3,(H,15,17,18). The van der Waals surface area contributed by atoms with Crippen LogP contribution in [0, 0.1) is 0 Å². The number of benzene rings is 1. The van der Waals surface area contributed by atoms with Crippen molar-refractivity contribution in [3.63, 3.8) is 0 Å². The summed E-state index contributed by atoms with van der Waals surface area (Å²) in [4.78, 5) is 25.4. The lowest BCUT2D eigenvalue weighted by Crippen LogP contribution is -2.51. The van der Waals surface area contributed by atoms with E-state index in [0.29, 0.717) is 24.4 Å². The minimum atomic E-state index is -0.397. The highest BCUT2D eigenvalue weighted by Gasteiger charge is 2.18. The normalized spacial score (nSPS) is 14.9. The summed E-state index contributed by atoms with van der Waals surface area (Å²) in [6, 6.07) is 6.27. The predicted octanol–water partition coefficient (Wildman–Crippen LogP) is 0.450. The van der Waals surface area contributed by atoms with Gasteiger partial charge in [-0.05, 0) is 24.3 Å². The maximum absolute atomic E-state index is 11.9. The molecule has 1 saturated heterocycles. The summed E-state index contributed by atoms with van der Waals surface area (Å²) < 4.78 is 5.01. The molecule has 1 fully saturated rings. The van der Waals surface area contributed by atoms with E-state index in [1.807, 2.05) is 0 Å². The lowest BCUT2D eigenvalue weighted by molar-refractivity contribution is 0.0950.